The molecule has 6 heteroatoms. The molecule has 0 aromatic heterocycles. The van der Waals surface area contributed by atoms with Gasteiger partial charge in [0.1, 0.15) is 0 Å². The molecule has 0 unspecified atom stereocenters. The average molecular weight is 206 g/mol. The molecule has 0 amide bonds. The van der Waals surface area contributed by atoms with Gasteiger partial charge in [0, 0.05) is 0 Å². The van der Waals surface area contributed by atoms with Crippen molar-refractivity contribution < 1.29 is 17.9 Å². The molecule has 0 spiro atoms. The second-order valence-corrected chi connectivity index (χ2v) is 2.69. The Labute approximate surface area is 78.6 Å². The van der Waals surface area contributed by atoms with Crippen molar-refractivity contribution in [3.63, 3.8) is 0 Å². The Morgan fingerprint density at radius 1 is 1.36 bits per heavy atom. The van der Waals surface area contributed by atoms with Crippen LogP contribution in [0.2, 0.25) is 0 Å². The first-order chi connectivity index (χ1) is 6.42. The fourth-order valence-corrected chi connectivity index (χ4v) is 0.958. The van der Waals surface area contributed by atoms with E-state index in [1.807, 2.05) is 0 Å². The van der Waals surface area contributed by atoms with Crippen molar-refractivity contribution in [2.45, 2.75) is 13.3 Å². The maximum Gasteiger partial charge on any atom is 0.573 e. The summed E-state index contributed by atoms with van der Waals surface area (Å²) in [6.07, 6.45) is -4.71. The number of anilines is 1. The number of nitrogens with one attached hydrogen (secondary N) is 1. The molecule has 0 aliphatic rings. The van der Waals surface area contributed by atoms with Crippen LogP contribution in [0.3, 0.4) is 0 Å². The van der Waals surface area contributed by atoms with Gasteiger partial charge in [-0.1, -0.05) is 6.07 Å². The summed E-state index contributed by atoms with van der Waals surface area (Å²) in [5.74, 6) is 4.69. The summed E-state index contributed by atoms with van der Waals surface area (Å²) in [5, 5.41) is 0. The van der Waals surface area contributed by atoms with Crippen molar-refractivity contribution in [1.82, 2.24) is 0 Å². The van der Waals surface area contributed by atoms with Gasteiger partial charge in [-0.3, -0.25) is 5.84 Å². The van der Waals surface area contributed by atoms with Gasteiger partial charge >= 0.3 is 6.36 Å². The molecule has 3 nitrogen and oxygen atoms in total. The molecule has 78 valence electrons. The monoisotopic (exact) mass is 206 g/mol. The molecular formula is C8H9F3N2O. The zero-order chi connectivity index (χ0) is 10.8. The third-order valence-corrected chi connectivity index (χ3v) is 1.52. The van der Waals surface area contributed by atoms with Crippen LogP contribution in [0, 0.1) is 6.92 Å². The first-order valence-corrected chi connectivity index (χ1v) is 3.75. The second-order valence-electron chi connectivity index (χ2n) is 2.69. The Morgan fingerprint density at radius 2 is 2.00 bits per heavy atom. The van der Waals surface area contributed by atoms with E-state index in [0.29, 0.717) is 5.56 Å². The highest BCUT2D eigenvalue weighted by Gasteiger charge is 2.32. The normalized spacial score (nSPS) is 11.2. The van der Waals surface area contributed by atoms with Gasteiger partial charge in [-0.2, -0.15) is 0 Å². The lowest BCUT2D eigenvalue weighted by atomic mass is 10.2. The molecule has 1 rings (SSSR count). The zero-order valence-electron chi connectivity index (χ0n) is 7.35. The maximum absolute atomic E-state index is 11.9. The summed E-state index contributed by atoms with van der Waals surface area (Å²) in [6.45, 7) is 1.66. The lowest BCUT2D eigenvalue weighted by Crippen LogP contribution is -2.19. The number of benzene rings is 1. The summed E-state index contributed by atoms with van der Waals surface area (Å²) in [7, 11) is 0. The predicted octanol–water partition coefficient (Wildman–Crippen LogP) is 2.18. The van der Waals surface area contributed by atoms with E-state index in [1.165, 1.54) is 12.1 Å². The minimum atomic E-state index is -4.71. The minimum absolute atomic E-state index is 0.0907. The van der Waals surface area contributed by atoms with Gasteiger partial charge in [-0.25, -0.2) is 0 Å². The van der Waals surface area contributed by atoms with Gasteiger partial charge < -0.3 is 10.2 Å². The molecule has 0 aliphatic carbocycles. The van der Waals surface area contributed by atoms with Gasteiger partial charge in [0.2, 0.25) is 0 Å². The van der Waals surface area contributed by atoms with Crippen molar-refractivity contribution in [2.24, 2.45) is 5.84 Å². The van der Waals surface area contributed by atoms with E-state index < -0.39 is 6.36 Å². The maximum atomic E-state index is 11.9. The molecule has 1 aromatic carbocycles. The predicted molar refractivity (Wildman–Crippen MR) is 45.7 cm³/mol. The topological polar surface area (TPSA) is 47.3 Å². The van der Waals surface area contributed by atoms with Crippen LogP contribution in [-0.4, -0.2) is 6.36 Å². The third-order valence-electron chi connectivity index (χ3n) is 1.52. The lowest BCUT2D eigenvalue weighted by Gasteiger charge is -2.13. The number of alkyl halides is 3. The number of ether oxygens (including phenoxy) is 1. The van der Waals surface area contributed by atoms with Crippen LogP contribution in [0.4, 0.5) is 18.9 Å². The first-order valence-electron chi connectivity index (χ1n) is 3.75. The Bertz CT molecular complexity index is 325. The highest BCUT2D eigenvalue weighted by atomic mass is 19.4. The third kappa shape index (κ3) is 2.81. The van der Waals surface area contributed by atoms with Crippen LogP contribution in [-0.2, 0) is 0 Å². The first kappa shape index (κ1) is 10.6. The summed E-state index contributed by atoms with van der Waals surface area (Å²) < 4.78 is 39.5. The summed E-state index contributed by atoms with van der Waals surface area (Å²) in [6, 6.07) is 4.29. The van der Waals surface area contributed by atoms with E-state index in [2.05, 4.69) is 10.2 Å². The zero-order valence-corrected chi connectivity index (χ0v) is 7.35. The summed E-state index contributed by atoms with van der Waals surface area (Å²) in [5.41, 5.74) is 2.87. The largest absolute Gasteiger partial charge is 0.573 e. The smallest absolute Gasteiger partial charge is 0.404 e. The Kier molecular flexibility index (Phi) is 2.85. The highest BCUT2D eigenvalue weighted by molar-refractivity contribution is 5.56. The Morgan fingerprint density at radius 3 is 2.50 bits per heavy atom. The molecule has 0 bridgehead atoms. The standard InChI is InChI=1S/C8H9F3N2O/c1-5-2-3-6(13-12)7(4-5)14-8(9,10)11/h2-4,13H,12H2,1H3. The molecule has 0 heterocycles. The van der Waals surface area contributed by atoms with Crippen molar-refractivity contribution in [1.29, 1.82) is 0 Å². The number of nitrogens with two attached hydrogens (primary N) is 1. The molecule has 0 fully saturated rings. The Balaban J connectivity index is 2.99. The van der Waals surface area contributed by atoms with E-state index >= 15 is 0 Å². The van der Waals surface area contributed by atoms with Crippen molar-refractivity contribution >= 4 is 5.69 Å². The summed E-state index contributed by atoms with van der Waals surface area (Å²) >= 11 is 0. The van der Waals surface area contributed by atoms with Gasteiger partial charge in [0.25, 0.3) is 0 Å². The van der Waals surface area contributed by atoms with E-state index in [-0.39, 0.29) is 11.4 Å². The molecule has 0 radical (unpaired) electrons. The molecule has 0 saturated carbocycles. The van der Waals surface area contributed by atoms with Gasteiger partial charge in [-0.05, 0) is 24.6 Å². The molecule has 14 heavy (non-hydrogen) atoms. The highest BCUT2D eigenvalue weighted by Crippen LogP contribution is 2.30. The fourth-order valence-electron chi connectivity index (χ4n) is 0.958. The van der Waals surface area contributed by atoms with E-state index in [0.717, 1.165) is 0 Å². The van der Waals surface area contributed by atoms with Crippen molar-refractivity contribution in [3.8, 4) is 5.75 Å². The molecule has 0 saturated heterocycles. The minimum Gasteiger partial charge on any atom is -0.404 e. The van der Waals surface area contributed by atoms with Crippen LogP contribution in [0.15, 0.2) is 18.2 Å². The van der Waals surface area contributed by atoms with E-state index in [1.54, 1.807) is 13.0 Å². The number of aryl methyl sites for hydroxylation is 1. The summed E-state index contributed by atoms with van der Waals surface area (Å²) in [4.78, 5) is 0. The number of halogens is 3. The molecule has 0 aliphatic heterocycles. The number of rotatable bonds is 2. The fraction of sp³-hybridized carbons (Fsp3) is 0.250. The quantitative estimate of drug-likeness (QED) is 0.576. The van der Waals surface area contributed by atoms with Gasteiger partial charge in [0.15, 0.2) is 5.75 Å². The van der Waals surface area contributed by atoms with Crippen molar-refractivity contribution in [3.05, 3.63) is 23.8 Å². The van der Waals surface area contributed by atoms with Crippen LogP contribution in [0.25, 0.3) is 0 Å². The van der Waals surface area contributed by atoms with Crippen LogP contribution in [0.5, 0.6) is 5.75 Å². The van der Waals surface area contributed by atoms with Crippen molar-refractivity contribution in [2.75, 3.05) is 5.43 Å². The van der Waals surface area contributed by atoms with Gasteiger partial charge in [0.05, 0.1) is 5.69 Å². The lowest BCUT2D eigenvalue weighted by molar-refractivity contribution is -0.274. The molecular weight excluding hydrogens is 197 g/mol. The molecule has 1 aromatic rings. The number of hydrogen-bond donors (Lipinski definition) is 2. The number of hydrazine groups is 1. The molecule has 3 N–H and O–H groups in total. The van der Waals surface area contributed by atoms with Crippen LogP contribution < -0.4 is 16.0 Å². The average Bonchev–Trinajstić information content (AvgIpc) is 2.01. The Hall–Kier alpha value is -1.43. The van der Waals surface area contributed by atoms with Crippen LogP contribution in [0.1, 0.15) is 5.56 Å². The van der Waals surface area contributed by atoms with E-state index in [4.69, 9.17) is 5.84 Å². The number of hydrogen-bond acceptors (Lipinski definition) is 3. The second kappa shape index (κ2) is 3.75. The molecule has 0 atom stereocenters. The van der Waals surface area contributed by atoms with Crippen LogP contribution >= 0.6 is 0 Å². The number of nitrogen functional groups attached to an aromatic ring is 1. The van der Waals surface area contributed by atoms with E-state index in [9.17, 15) is 13.2 Å². The SMILES string of the molecule is Cc1ccc(NN)c(OC(F)(F)F)c1. The van der Waals surface area contributed by atoms with Gasteiger partial charge in [-0.15, -0.1) is 13.2 Å².